The molecule has 0 aliphatic heterocycles. The first kappa shape index (κ1) is 18.7. The van der Waals surface area contributed by atoms with Crippen LogP contribution in [0.4, 0.5) is 20.3 Å². The van der Waals surface area contributed by atoms with Crippen molar-refractivity contribution in [3.8, 4) is 11.3 Å². The molecule has 3 aromatic rings. The van der Waals surface area contributed by atoms with Crippen LogP contribution < -0.4 is 5.32 Å². The van der Waals surface area contributed by atoms with Gasteiger partial charge in [-0.15, -0.1) is 12.6 Å². The molecule has 0 amide bonds. The van der Waals surface area contributed by atoms with Crippen molar-refractivity contribution < 1.29 is 18.4 Å². The molecule has 0 saturated carbocycles. The van der Waals surface area contributed by atoms with E-state index in [0.717, 1.165) is 17.7 Å². The van der Waals surface area contributed by atoms with Crippen LogP contribution in [0.2, 0.25) is 0 Å². The SMILES string of the molecule is Cc1ccc(C=O)cc1-c1nc(S)nc(Nc2c(F)cccc2F)c1C=O. The van der Waals surface area contributed by atoms with Gasteiger partial charge in [0.2, 0.25) is 0 Å². The summed E-state index contributed by atoms with van der Waals surface area (Å²) in [6.45, 7) is 1.78. The van der Waals surface area contributed by atoms with Crippen LogP contribution in [0.25, 0.3) is 11.3 Å². The molecular weight excluding hydrogens is 372 g/mol. The van der Waals surface area contributed by atoms with E-state index in [1.807, 2.05) is 0 Å². The number of aryl methyl sites for hydroxylation is 1. The van der Waals surface area contributed by atoms with Gasteiger partial charge >= 0.3 is 0 Å². The third kappa shape index (κ3) is 3.70. The van der Waals surface area contributed by atoms with Crippen LogP contribution in [0.15, 0.2) is 41.6 Å². The highest BCUT2D eigenvalue weighted by molar-refractivity contribution is 7.80. The van der Waals surface area contributed by atoms with Crippen LogP contribution in [0.1, 0.15) is 26.3 Å². The first-order chi connectivity index (χ1) is 12.9. The number of hydrogen-bond acceptors (Lipinski definition) is 6. The number of para-hydroxylation sites is 1. The summed E-state index contributed by atoms with van der Waals surface area (Å²) in [5.74, 6) is -1.78. The molecule has 0 aliphatic carbocycles. The minimum atomic E-state index is -0.841. The predicted molar refractivity (Wildman–Crippen MR) is 99.9 cm³/mol. The Morgan fingerprint density at radius 2 is 1.74 bits per heavy atom. The molecule has 0 bridgehead atoms. The summed E-state index contributed by atoms with van der Waals surface area (Å²) >= 11 is 4.13. The number of carbonyl (C=O) groups excluding carboxylic acids is 2. The molecule has 1 aromatic heterocycles. The fraction of sp³-hybridized carbons (Fsp3) is 0.0526. The molecule has 0 unspecified atom stereocenters. The van der Waals surface area contributed by atoms with E-state index in [9.17, 15) is 18.4 Å². The number of nitrogens with one attached hydrogen (secondary N) is 1. The second-order valence-electron chi connectivity index (χ2n) is 5.67. The molecule has 136 valence electrons. The summed E-state index contributed by atoms with van der Waals surface area (Å²) in [7, 11) is 0. The van der Waals surface area contributed by atoms with Crippen LogP contribution in [-0.2, 0) is 0 Å². The maximum absolute atomic E-state index is 14.0. The van der Waals surface area contributed by atoms with Gasteiger partial charge in [-0.3, -0.25) is 9.59 Å². The lowest BCUT2D eigenvalue weighted by Gasteiger charge is -2.14. The van der Waals surface area contributed by atoms with Gasteiger partial charge in [-0.1, -0.05) is 18.2 Å². The van der Waals surface area contributed by atoms with E-state index in [1.165, 1.54) is 6.07 Å². The Morgan fingerprint density at radius 3 is 2.37 bits per heavy atom. The van der Waals surface area contributed by atoms with Gasteiger partial charge in [0.25, 0.3) is 0 Å². The Morgan fingerprint density at radius 1 is 1.04 bits per heavy atom. The Hall–Kier alpha value is -3.13. The fourth-order valence-corrected chi connectivity index (χ4v) is 2.77. The van der Waals surface area contributed by atoms with E-state index in [2.05, 4.69) is 27.9 Å². The van der Waals surface area contributed by atoms with E-state index < -0.39 is 17.3 Å². The Bertz CT molecular complexity index is 1040. The third-order valence-corrected chi connectivity index (χ3v) is 4.11. The van der Waals surface area contributed by atoms with Crippen molar-refractivity contribution >= 4 is 36.7 Å². The number of aromatic nitrogens is 2. The van der Waals surface area contributed by atoms with Crippen molar-refractivity contribution in [1.29, 1.82) is 0 Å². The lowest BCUT2D eigenvalue weighted by molar-refractivity contribution is 0.111. The topological polar surface area (TPSA) is 72.0 Å². The number of halogens is 2. The highest BCUT2D eigenvalue weighted by atomic mass is 32.1. The van der Waals surface area contributed by atoms with Gasteiger partial charge in [-0.2, -0.15) is 0 Å². The lowest BCUT2D eigenvalue weighted by Crippen LogP contribution is -2.07. The number of aldehydes is 2. The number of benzene rings is 2. The zero-order valence-corrected chi connectivity index (χ0v) is 14.9. The third-order valence-electron chi connectivity index (χ3n) is 3.91. The van der Waals surface area contributed by atoms with Crippen molar-refractivity contribution in [2.45, 2.75) is 12.1 Å². The average molecular weight is 385 g/mol. The van der Waals surface area contributed by atoms with Crippen molar-refractivity contribution in [3.05, 3.63) is 64.7 Å². The summed E-state index contributed by atoms with van der Waals surface area (Å²) in [6.07, 6.45) is 1.15. The Balaban J connectivity index is 2.21. The number of hydrogen-bond donors (Lipinski definition) is 2. The van der Waals surface area contributed by atoms with Crippen LogP contribution >= 0.6 is 12.6 Å². The number of carbonyl (C=O) groups is 2. The van der Waals surface area contributed by atoms with Crippen LogP contribution in [0, 0.1) is 18.6 Å². The second kappa shape index (κ2) is 7.63. The van der Waals surface area contributed by atoms with Gasteiger partial charge in [0, 0.05) is 11.1 Å². The number of nitrogens with zero attached hydrogens (tertiary/aromatic N) is 2. The molecule has 8 heteroatoms. The zero-order chi connectivity index (χ0) is 19.6. The highest BCUT2D eigenvalue weighted by Crippen LogP contribution is 2.32. The molecule has 3 rings (SSSR count). The number of thiol groups is 1. The maximum Gasteiger partial charge on any atom is 0.187 e. The van der Waals surface area contributed by atoms with Crippen molar-refractivity contribution in [2.24, 2.45) is 0 Å². The molecule has 0 fully saturated rings. The lowest BCUT2D eigenvalue weighted by atomic mass is 9.99. The van der Waals surface area contributed by atoms with Crippen LogP contribution in [0.5, 0.6) is 0 Å². The van der Waals surface area contributed by atoms with Crippen LogP contribution in [-0.4, -0.2) is 22.5 Å². The fourth-order valence-electron chi connectivity index (χ4n) is 2.57. The Labute approximate surface area is 158 Å². The molecule has 1 N–H and O–H groups in total. The number of rotatable bonds is 5. The Kier molecular flexibility index (Phi) is 5.27. The monoisotopic (exact) mass is 385 g/mol. The minimum Gasteiger partial charge on any atom is -0.335 e. The van der Waals surface area contributed by atoms with Crippen molar-refractivity contribution in [1.82, 2.24) is 9.97 Å². The summed E-state index contributed by atoms with van der Waals surface area (Å²) in [6, 6.07) is 8.28. The normalized spacial score (nSPS) is 10.5. The van der Waals surface area contributed by atoms with E-state index in [-0.39, 0.29) is 22.2 Å². The van der Waals surface area contributed by atoms with E-state index in [0.29, 0.717) is 23.7 Å². The summed E-state index contributed by atoms with van der Waals surface area (Å²) < 4.78 is 27.9. The molecule has 1 heterocycles. The molecular formula is C19H13F2N3O2S. The van der Waals surface area contributed by atoms with Gasteiger partial charge in [-0.05, 0) is 30.7 Å². The van der Waals surface area contributed by atoms with Crippen LogP contribution in [0.3, 0.4) is 0 Å². The molecule has 0 aliphatic rings. The molecule has 0 saturated heterocycles. The maximum atomic E-state index is 14.0. The second-order valence-corrected chi connectivity index (χ2v) is 6.07. The summed E-state index contributed by atoms with van der Waals surface area (Å²) in [5, 5.41) is 2.50. The predicted octanol–water partition coefficient (Wildman–Crippen LogP) is 4.39. The van der Waals surface area contributed by atoms with E-state index >= 15 is 0 Å². The number of anilines is 2. The highest BCUT2D eigenvalue weighted by Gasteiger charge is 2.19. The molecule has 0 spiro atoms. The molecule has 0 atom stereocenters. The first-order valence-electron chi connectivity index (χ1n) is 7.78. The van der Waals surface area contributed by atoms with Crippen molar-refractivity contribution in [3.63, 3.8) is 0 Å². The van der Waals surface area contributed by atoms with E-state index in [1.54, 1.807) is 25.1 Å². The van der Waals surface area contributed by atoms with Gasteiger partial charge in [0.15, 0.2) is 11.4 Å². The molecule has 0 radical (unpaired) electrons. The minimum absolute atomic E-state index is 0.00856. The zero-order valence-electron chi connectivity index (χ0n) is 14.0. The molecule has 27 heavy (non-hydrogen) atoms. The average Bonchev–Trinajstić information content (AvgIpc) is 2.65. The summed E-state index contributed by atoms with van der Waals surface area (Å²) in [5.41, 5.74) is 1.39. The quantitative estimate of drug-likeness (QED) is 0.387. The molecule has 2 aromatic carbocycles. The van der Waals surface area contributed by atoms with Crippen molar-refractivity contribution in [2.75, 3.05) is 5.32 Å². The van der Waals surface area contributed by atoms with Gasteiger partial charge in [-0.25, -0.2) is 18.7 Å². The first-order valence-corrected chi connectivity index (χ1v) is 8.22. The standard InChI is InChI=1S/C19H13F2N3O2S/c1-10-5-6-11(8-25)7-12(10)16-13(9-26)18(24-19(27)23-16)22-17-14(20)3-2-4-15(17)21/h2-9H,1H3,(H2,22,23,24,27). The van der Waals surface area contributed by atoms with E-state index in [4.69, 9.17) is 0 Å². The van der Waals surface area contributed by atoms with Gasteiger partial charge in [0.05, 0.1) is 11.3 Å². The molecule has 5 nitrogen and oxygen atoms in total. The smallest absolute Gasteiger partial charge is 0.187 e. The van der Waals surface area contributed by atoms with Gasteiger partial charge in [0.1, 0.15) is 29.4 Å². The summed E-state index contributed by atoms with van der Waals surface area (Å²) in [4.78, 5) is 31.0. The largest absolute Gasteiger partial charge is 0.335 e. The van der Waals surface area contributed by atoms with Gasteiger partial charge < -0.3 is 5.32 Å².